The maximum Gasteiger partial charge on any atom is 0.240 e. The molecule has 1 rings (SSSR count). The number of hydrogen-bond donors (Lipinski definition) is 2. The summed E-state index contributed by atoms with van der Waals surface area (Å²) >= 11 is 0. The Morgan fingerprint density at radius 1 is 1.40 bits per heavy atom. The van der Waals surface area contributed by atoms with Crippen LogP contribution < -0.4 is 10.5 Å². The molecule has 0 fully saturated rings. The minimum absolute atomic E-state index is 0.0671. The van der Waals surface area contributed by atoms with Gasteiger partial charge in [0, 0.05) is 12.6 Å². The molecule has 1 aromatic rings. The van der Waals surface area contributed by atoms with E-state index >= 15 is 0 Å². The van der Waals surface area contributed by atoms with E-state index in [1.807, 2.05) is 7.05 Å². The number of benzene rings is 1. The lowest BCUT2D eigenvalue weighted by molar-refractivity contribution is 0.271. The van der Waals surface area contributed by atoms with Gasteiger partial charge < -0.3 is 10.6 Å². The fraction of sp³-hybridized carbons (Fsp3) is 0.538. The van der Waals surface area contributed by atoms with Crippen molar-refractivity contribution in [2.75, 3.05) is 25.9 Å². The molecule has 114 valence electrons. The number of nitrogens with one attached hydrogen (secondary N) is 1. The molecule has 0 spiro atoms. The highest BCUT2D eigenvalue weighted by atomic mass is 32.2. The molecule has 0 heterocycles. The van der Waals surface area contributed by atoms with Gasteiger partial charge in [0.25, 0.3) is 0 Å². The topological polar surface area (TPSA) is 75.4 Å². The van der Waals surface area contributed by atoms with Crippen LogP contribution in [0.5, 0.6) is 0 Å². The van der Waals surface area contributed by atoms with Gasteiger partial charge in [0.2, 0.25) is 10.0 Å². The monoisotopic (exact) mass is 303 g/mol. The summed E-state index contributed by atoms with van der Waals surface area (Å²) < 4.78 is 39.6. The quantitative estimate of drug-likeness (QED) is 0.590. The normalized spacial score (nSPS) is 12.3. The Morgan fingerprint density at radius 2 is 2.05 bits per heavy atom. The van der Waals surface area contributed by atoms with E-state index in [0.717, 1.165) is 12.6 Å². The first-order valence-electron chi connectivity index (χ1n) is 6.49. The minimum atomic E-state index is -3.68. The third-order valence-corrected chi connectivity index (χ3v) is 4.60. The molecule has 5 nitrogen and oxygen atoms in total. The second-order valence-electron chi connectivity index (χ2n) is 5.01. The second kappa shape index (κ2) is 7.01. The molecule has 0 aliphatic carbocycles. The largest absolute Gasteiger partial charge is 0.396 e. The summed E-state index contributed by atoms with van der Waals surface area (Å²) in [6.45, 7) is 5.24. The molecule has 0 bridgehead atoms. The highest BCUT2D eigenvalue weighted by Gasteiger charge is 2.15. The van der Waals surface area contributed by atoms with Crippen molar-refractivity contribution < 1.29 is 12.8 Å². The maximum absolute atomic E-state index is 13.3. The van der Waals surface area contributed by atoms with E-state index in [-0.39, 0.29) is 10.6 Å². The Balaban J connectivity index is 2.56. The third kappa shape index (κ3) is 4.73. The van der Waals surface area contributed by atoms with Crippen LogP contribution in [0.4, 0.5) is 10.1 Å². The molecular formula is C13H22FN3O2S. The van der Waals surface area contributed by atoms with Crippen LogP contribution in [-0.4, -0.2) is 39.5 Å². The van der Waals surface area contributed by atoms with Crippen molar-refractivity contribution >= 4 is 15.7 Å². The van der Waals surface area contributed by atoms with Crippen LogP contribution in [0.2, 0.25) is 0 Å². The van der Waals surface area contributed by atoms with E-state index in [2.05, 4.69) is 23.5 Å². The molecule has 0 saturated heterocycles. The van der Waals surface area contributed by atoms with Crippen LogP contribution in [0, 0.1) is 5.82 Å². The summed E-state index contributed by atoms with van der Waals surface area (Å²) in [6.07, 6.45) is 0.686. The Bertz CT molecular complexity index is 547. The van der Waals surface area contributed by atoms with Gasteiger partial charge in [-0.1, -0.05) is 0 Å². The predicted octanol–water partition coefficient (Wildman–Crippen LogP) is 1.42. The van der Waals surface area contributed by atoms with Gasteiger partial charge in [-0.15, -0.1) is 0 Å². The molecule has 0 amide bonds. The van der Waals surface area contributed by atoms with Gasteiger partial charge >= 0.3 is 0 Å². The zero-order valence-corrected chi connectivity index (χ0v) is 12.9. The number of nitrogen functional groups attached to an aromatic ring is 1. The smallest absolute Gasteiger partial charge is 0.240 e. The molecule has 20 heavy (non-hydrogen) atoms. The highest BCUT2D eigenvalue weighted by molar-refractivity contribution is 7.89. The number of nitrogens with two attached hydrogens (primary N) is 1. The van der Waals surface area contributed by atoms with E-state index < -0.39 is 15.8 Å². The van der Waals surface area contributed by atoms with Crippen molar-refractivity contribution in [2.24, 2.45) is 0 Å². The Kier molecular flexibility index (Phi) is 5.91. The lowest BCUT2D eigenvalue weighted by atomic mass is 10.3. The van der Waals surface area contributed by atoms with Crippen LogP contribution in [0.1, 0.15) is 20.3 Å². The van der Waals surface area contributed by atoms with Crippen molar-refractivity contribution in [3.63, 3.8) is 0 Å². The average molecular weight is 303 g/mol. The average Bonchev–Trinajstić information content (AvgIpc) is 2.37. The van der Waals surface area contributed by atoms with Crippen molar-refractivity contribution in [3.05, 3.63) is 24.0 Å². The van der Waals surface area contributed by atoms with E-state index in [4.69, 9.17) is 5.73 Å². The molecule has 3 N–H and O–H groups in total. The van der Waals surface area contributed by atoms with E-state index in [0.29, 0.717) is 19.0 Å². The van der Waals surface area contributed by atoms with Crippen molar-refractivity contribution in [1.29, 1.82) is 0 Å². The molecule has 0 aromatic heterocycles. The Hall–Kier alpha value is -1.18. The van der Waals surface area contributed by atoms with Gasteiger partial charge in [-0.05, 0) is 52.1 Å². The van der Waals surface area contributed by atoms with E-state index in [1.165, 1.54) is 12.1 Å². The highest BCUT2D eigenvalue weighted by Crippen LogP contribution is 2.15. The molecule has 0 aliphatic rings. The molecule has 0 unspecified atom stereocenters. The van der Waals surface area contributed by atoms with Gasteiger partial charge in [0.1, 0.15) is 5.82 Å². The van der Waals surface area contributed by atoms with Gasteiger partial charge in [-0.25, -0.2) is 17.5 Å². The van der Waals surface area contributed by atoms with Gasteiger partial charge in [-0.2, -0.15) is 0 Å². The second-order valence-corrected chi connectivity index (χ2v) is 6.78. The third-order valence-electron chi connectivity index (χ3n) is 3.14. The van der Waals surface area contributed by atoms with Crippen molar-refractivity contribution in [2.45, 2.75) is 31.2 Å². The summed E-state index contributed by atoms with van der Waals surface area (Å²) in [6, 6.07) is 3.88. The van der Waals surface area contributed by atoms with Gasteiger partial charge in [-0.3, -0.25) is 0 Å². The first-order valence-corrected chi connectivity index (χ1v) is 7.97. The maximum atomic E-state index is 13.3. The van der Waals surface area contributed by atoms with Crippen LogP contribution >= 0.6 is 0 Å². The minimum Gasteiger partial charge on any atom is -0.396 e. The van der Waals surface area contributed by atoms with Gasteiger partial charge in [0.05, 0.1) is 10.6 Å². The number of sulfonamides is 1. The fourth-order valence-electron chi connectivity index (χ4n) is 1.55. The predicted molar refractivity (Wildman–Crippen MR) is 78.4 cm³/mol. The van der Waals surface area contributed by atoms with Gasteiger partial charge in [0.15, 0.2) is 0 Å². The fourth-order valence-corrected chi connectivity index (χ4v) is 2.64. The molecule has 0 radical (unpaired) electrons. The summed E-state index contributed by atoms with van der Waals surface area (Å²) in [4.78, 5) is 2.01. The molecule has 7 heteroatoms. The molecular weight excluding hydrogens is 281 g/mol. The zero-order chi connectivity index (χ0) is 15.3. The van der Waals surface area contributed by atoms with E-state index in [1.54, 1.807) is 0 Å². The van der Waals surface area contributed by atoms with Crippen molar-refractivity contribution in [3.8, 4) is 0 Å². The number of rotatable bonds is 7. The number of halogens is 1. The van der Waals surface area contributed by atoms with E-state index in [9.17, 15) is 12.8 Å². The lowest BCUT2D eigenvalue weighted by Gasteiger charge is -2.20. The van der Waals surface area contributed by atoms with Crippen LogP contribution in [0.25, 0.3) is 0 Å². The zero-order valence-electron chi connectivity index (χ0n) is 12.1. The first-order chi connectivity index (χ1) is 9.24. The Labute approximate surface area is 120 Å². The summed E-state index contributed by atoms with van der Waals surface area (Å²) in [7, 11) is -1.70. The Morgan fingerprint density at radius 3 is 2.60 bits per heavy atom. The summed E-state index contributed by atoms with van der Waals surface area (Å²) in [5.74, 6) is -0.729. The number of hydrogen-bond acceptors (Lipinski definition) is 4. The summed E-state index contributed by atoms with van der Waals surface area (Å²) in [5, 5.41) is 0. The molecule has 1 aromatic carbocycles. The number of anilines is 1. The number of nitrogens with zero attached hydrogens (tertiary/aromatic N) is 1. The standard InChI is InChI=1S/C13H22FN3O2S/c1-10(2)17(3)8-4-7-16-20(18,19)11-5-6-13(15)12(14)9-11/h5-6,9-10,16H,4,7-8,15H2,1-3H3. The van der Waals surface area contributed by atoms with Crippen LogP contribution in [-0.2, 0) is 10.0 Å². The van der Waals surface area contributed by atoms with Crippen molar-refractivity contribution in [1.82, 2.24) is 9.62 Å². The SMILES string of the molecule is CC(C)N(C)CCCNS(=O)(=O)c1ccc(N)c(F)c1. The first kappa shape index (κ1) is 16.9. The molecule has 0 atom stereocenters. The molecule has 0 aliphatic heterocycles. The summed E-state index contributed by atoms with van der Waals surface area (Å²) in [5.41, 5.74) is 5.25. The molecule has 0 saturated carbocycles. The van der Waals surface area contributed by atoms with Crippen LogP contribution in [0.15, 0.2) is 23.1 Å². The lowest BCUT2D eigenvalue weighted by Crippen LogP contribution is -2.31. The van der Waals surface area contributed by atoms with Crippen LogP contribution in [0.3, 0.4) is 0 Å².